The van der Waals surface area contributed by atoms with Crippen molar-refractivity contribution in [1.29, 1.82) is 0 Å². The summed E-state index contributed by atoms with van der Waals surface area (Å²) in [5.41, 5.74) is 0. The fraction of sp³-hybridized carbons (Fsp3) is 0.579. The van der Waals surface area contributed by atoms with Gasteiger partial charge in [-0.1, -0.05) is 31.9 Å². The number of carbonyl (C=O) groups excluding carboxylic acids is 2. The van der Waals surface area contributed by atoms with E-state index in [-0.39, 0.29) is 18.0 Å². The summed E-state index contributed by atoms with van der Waals surface area (Å²) in [4.78, 5) is 23.4. The van der Waals surface area contributed by atoms with Crippen molar-refractivity contribution in [3.8, 4) is 5.75 Å². The molecule has 0 spiro atoms. The molecule has 134 valence electrons. The lowest BCUT2D eigenvalue weighted by Gasteiger charge is -2.15. The number of hydrogen-bond donors (Lipinski definition) is 0. The fourth-order valence-electron chi connectivity index (χ4n) is 2.40. The molecule has 0 saturated carbocycles. The van der Waals surface area contributed by atoms with Gasteiger partial charge in [-0.3, -0.25) is 9.59 Å². The Hall–Kier alpha value is -1.55. The molecule has 1 aromatic carbocycles. The third-order valence-corrected chi connectivity index (χ3v) is 3.70. The Morgan fingerprint density at radius 1 is 0.958 bits per heavy atom. The molecule has 5 heteroatoms. The van der Waals surface area contributed by atoms with Gasteiger partial charge in [0, 0.05) is 17.9 Å². The maximum absolute atomic E-state index is 11.7. The topological polar surface area (TPSA) is 52.6 Å². The highest BCUT2D eigenvalue weighted by atomic mass is 35.5. The fourth-order valence-corrected chi connectivity index (χ4v) is 2.52. The Balaban J connectivity index is 2.09. The highest BCUT2D eigenvalue weighted by molar-refractivity contribution is 6.30. The van der Waals surface area contributed by atoms with Crippen LogP contribution in [0.3, 0.4) is 0 Å². The van der Waals surface area contributed by atoms with Gasteiger partial charge in [0.25, 0.3) is 0 Å². The number of carbonyl (C=O) groups is 2. The maximum Gasteiger partial charge on any atom is 0.311 e. The van der Waals surface area contributed by atoms with Crippen LogP contribution in [0.5, 0.6) is 5.75 Å². The van der Waals surface area contributed by atoms with Gasteiger partial charge in [0.1, 0.15) is 5.75 Å². The van der Waals surface area contributed by atoms with Crippen molar-refractivity contribution in [2.75, 3.05) is 0 Å². The van der Waals surface area contributed by atoms with Crippen molar-refractivity contribution >= 4 is 23.5 Å². The van der Waals surface area contributed by atoms with Crippen LogP contribution in [0.15, 0.2) is 24.3 Å². The summed E-state index contributed by atoms with van der Waals surface area (Å²) < 4.78 is 10.5. The first kappa shape index (κ1) is 20.5. The number of ether oxygens (including phenoxy) is 2. The lowest BCUT2D eigenvalue weighted by molar-refractivity contribution is -0.149. The van der Waals surface area contributed by atoms with Crippen molar-refractivity contribution in [3.05, 3.63) is 29.3 Å². The van der Waals surface area contributed by atoms with E-state index < -0.39 is 0 Å². The number of esters is 2. The van der Waals surface area contributed by atoms with Crippen LogP contribution in [0.2, 0.25) is 5.02 Å². The van der Waals surface area contributed by atoms with Gasteiger partial charge in [-0.25, -0.2) is 0 Å². The number of halogens is 1. The lowest BCUT2D eigenvalue weighted by Crippen LogP contribution is -2.16. The molecule has 0 bridgehead atoms. The minimum Gasteiger partial charge on any atom is -0.463 e. The van der Waals surface area contributed by atoms with Crippen LogP contribution in [0.4, 0.5) is 0 Å². The Morgan fingerprint density at radius 2 is 1.54 bits per heavy atom. The molecular weight excluding hydrogens is 328 g/mol. The summed E-state index contributed by atoms with van der Waals surface area (Å²) in [6.07, 6.45) is 3.79. The Morgan fingerprint density at radius 3 is 2.12 bits per heavy atom. The third kappa shape index (κ3) is 9.56. The molecule has 0 aliphatic rings. The molecular formula is C19H27ClO4. The molecule has 0 aromatic heterocycles. The van der Waals surface area contributed by atoms with Crippen LogP contribution in [-0.2, 0) is 14.3 Å². The van der Waals surface area contributed by atoms with Crippen molar-refractivity contribution in [2.45, 2.75) is 65.4 Å². The Kier molecular flexibility index (Phi) is 9.46. The summed E-state index contributed by atoms with van der Waals surface area (Å²) >= 11 is 5.77. The van der Waals surface area contributed by atoms with Crippen molar-refractivity contribution in [2.24, 2.45) is 5.92 Å². The van der Waals surface area contributed by atoms with E-state index in [0.29, 0.717) is 36.0 Å². The normalized spacial score (nSPS) is 12.0. The van der Waals surface area contributed by atoms with Gasteiger partial charge in [0.2, 0.25) is 0 Å². The molecule has 4 nitrogen and oxygen atoms in total. The molecule has 1 unspecified atom stereocenters. The smallest absolute Gasteiger partial charge is 0.311 e. The molecule has 0 fully saturated rings. The monoisotopic (exact) mass is 354 g/mol. The van der Waals surface area contributed by atoms with Crippen LogP contribution in [0.25, 0.3) is 0 Å². The third-order valence-electron chi connectivity index (χ3n) is 3.44. The van der Waals surface area contributed by atoms with Crippen LogP contribution in [0.1, 0.15) is 59.3 Å². The second-order valence-electron chi connectivity index (χ2n) is 6.42. The number of unbranched alkanes of at least 4 members (excludes halogenated alkanes) is 2. The quantitative estimate of drug-likeness (QED) is 0.330. The van der Waals surface area contributed by atoms with E-state index in [1.807, 2.05) is 6.92 Å². The van der Waals surface area contributed by atoms with E-state index in [2.05, 4.69) is 13.8 Å². The van der Waals surface area contributed by atoms with Gasteiger partial charge in [-0.15, -0.1) is 0 Å². The molecule has 0 aliphatic carbocycles. The van der Waals surface area contributed by atoms with Gasteiger partial charge in [-0.2, -0.15) is 0 Å². The molecule has 0 N–H and O–H groups in total. The van der Waals surface area contributed by atoms with Crippen molar-refractivity contribution < 1.29 is 19.1 Å². The van der Waals surface area contributed by atoms with Gasteiger partial charge in [0.15, 0.2) is 0 Å². The SMILES string of the molecule is CC(C)CC(C)OC(=O)CCCCCC(=O)Oc1ccc(Cl)cc1. The van der Waals surface area contributed by atoms with Crippen LogP contribution >= 0.6 is 11.6 Å². The molecule has 0 amide bonds. The summed E-state index contributed by atoms with van der Waals surface area (Å²) in [6, 6.07) is 6.68. The molecule has 24 heavy (non-hydrogen) atoms. The minimum absolute atomic E-state index is 0.0353. The van der Waals surface area contributed by atoms with Gasteiger partial charge in [-0.05, 0) is 56.4 Å². The first-order valence-corrected chi connectivity index (χ1v) is 8.90. The summed E-state index contributed by atoms with van der Waals surface area (Å²) in [5.74, 6) is 0.573. The Labute approximate surface area is 149 Å². The Bertz CT molecular complexity index is 511. The standard InChI is InChI=1S/C19H27ClO4/c1-14(2)13-15(3)23-18(21)7-5-4-6-8-19(22)24-17-11-9-16(20)10-12-17/h9-12,14-15H,4-8,13H2,1-3H3. The molecule has 0 saturated heterocycles. The van der Waals surface area contributed by atoms with E-state index >= 15 is 0 Å². The molecule has 1 aromatic rings. The zero-order valence-electron chi connectivity index (χ0n) is 14.7. The van der Waals surface area contributed by atoms with E-state index in [4.69, 9.17) is 21.1 Å². The zero-order valence-corrected chi connectivity index (χ0v) is 15.5. The van der Waals surface area contributed by atoms with Crippen LogP contribution in [0, 0.1) is 5.92 Å². The van der Waals surface area contributed by atoms with E-state index in [1.54, 1.807) is 24.3 Å². The second kappa shape index (κ2) is 11.1. The predicted octanol–water partition coefficient (Wildman–Crippen LogP) is 5.17. The highest BCUT2D eigenvalue weighted by Gasteiger charge is 2.11. The van der Waals surface area contributed by atoms with Crippen LogP contribution in [-0.4, -0.2) is 18.0 Å². The summed E-state index contributed by atoms with van der Waals surface area (Å²) in [6.45, 7) is 6.13. The van der Waals surface area contributed by atoms with Crippen molar-refractivity contribution in [3.63, 3.8) is 0 Å². The average molecular weight is 355 g/mol. The molecule has 0 heterocycles. The summed E-state index contributed by atoms with van der Waals surface area (Å²) in [5, 5.41) is 0.601. The van der Waals surface area contributed by atoms with Crippen molar-refractivity contribution in [1.82, 2.24) is 0 Å². The largest absolute Gasteiger partial charge is 0.463 e. The van der Waals surface area contributed by atoms with Gasteiger partial charge < -0.3 is 9.47 Å². The second-order valence-corrected chi connectivity index (χ2v) is 6.86. The van der Waals surface area contributed by atoms with Gasteiger partial charge >= 0.3 is 11.9 Å². The first-order valence-electron chi connectivity index (χ1n) is 8.52. The predicted molar refractivity (Wildman–Crippen MR) is 95.2 cm³/mol. The van der Waals surface area contributed by atoms with E-state index in [9.17, 15) is 9.59 Å². The number of rotatable bonds is 10. The number of benzene rings is 1. The lowest BCUT2D eigenvalue weighted by atomic mass is 10.1. The first-order chi connectivity index (χ1) is 11.4. The number of hydrogen-bond acceptors (Lipinski definition) is 4. The molecule has 1 rings (SSSR count). The van der Waals surface area contributed by atoms with E-state index in [1.165, 1.54) is 0 Å². The maximum atomic E-state index is 11.7. The minimum atomic E-state index is -0.273. The van der Waals surface area contributed by atoms with Crippen LogP contribution < -0.4 is 4.74 Å². The average Bonchev–Trinajstić information content (AvgIpc) is 2.48. The highest BCUT2D eigenvalue weighted by Crippen LogP contribution is 2.16. The molecule has 0 radical (unpaired) electrons. The summed E-state index contributed by atoms with van der Waals surface area (Å²) in [7, 11) is 0. The zero-order chi connectivity index (χ0) is 17.9. The van der Waals surface area contributed by atoms with E-state index in [0.717, 1.165) is 19.3 Å². The van der Waals surface area contributed by atoms with Gasteiger partial charge in [0.05, 0.1) is 6.10 Å². The molecule has 0 aliphatic heterocycles. The molecule has 1 atom stereocenters.